The topological polar surface area (TPSA) is 12.5 Å². The third kappa shape index (κ3) is 3.45. The van der Waals surface area contributed by atoms with Crippen molar-refractivity contribution in [1.29, 1.82) is 0 Å². The molecule has 100 valence electrons. The fourth-order valence-electron chi connectivity index (χ4n) is 2.43. The largest absolute Gasteiger partial charge is 0.490 e. The first-order valence-electron chi connectivity index (χ1n) is 6.85. The molecular weight excluding hydrogens is 229 g/mol. The maximum absolute atomic E-state index is 13.0. The van der Waals surface area contributed by atoms with Gasteiger partial charge in [0.2, 0.25) is 0 Å². The molecule has 1 aliphatic rings. The van der Waals surface area contributed by atoms with Crippen LogP contribution < -0.4 is 4.74 Å². The van der Waals surface area contributed by atoms with Crippen LogP contribution in [0.4, 0.5) is 4.39 Å². The molecule has 1 aromatic carbocycles. The van der Waals surface area contributed by atoms with Gasteiger partial charge in [0.25, 0.3) is 0 Å². The van der Waals surface area contributed by atoms with Crippen LogP contribution in [0.25, 0.3) is 0 Å². The molecule has 0 aliphatic carbocycles. The van der Waals surface area contributed by atoms with E-state index in [4.69, 9.17) is 4.74 Å². The second kappa shape index (κ2) is 6.19. The molecule has 1 unspecified atom stereocenters. The summed E-state index contributed by atoms with van der Waals surface area (Å²) >= 11 is 0. The van der Waals surface area contributed by atoms with E-state index in [9.17, 15) is 4.39 Å². The van der Waals surface area contributed by atoms with Crippen molar-refractivity contribution in [2.75, 3.05) is 13.1 Å². The second-order valence-corrected chi connectivity index (χ2v) is 5.07. The minimum atomic E-state index is -0.232. The number of benzene rings is 1. The Morgan fingerprint density at radius 2 is 2.11 bits per heavy atom. The van der Waals surface area contributed by atoms with Gasteiger partial charge >= 0.3 is 0 Å². The Bertz CT molecular complexity index is 375. The van der Waals surface area contributed by atoms with E-state index in [1.807, 2.05) is 6.07 Å². The van der Waals surface area contributed by atoms with Crippen molar-refractivity contribution in [3.8, 4) is 5.75 Å². The summed E-state index contributed by atoms with van der Waals surface area (Å²) in [5.41, 5.74) is 0. The first kappa shape index (κ1) is 13.3. The van der Waals surface area contributed by atoms with E-state index < -0.39 is 0 Å². The standard InChI is InChI=1S/C15H22FNO/c1-3-12(2)17-9-7-14(8-10-17)18-15-6-4-5-13(16)11-15/h4-6,11-12,14H,3,7-10H2,1-2H3. The Balaban J connectivity index is 1.83. The molecule has 1 fully saturated rings. The van der Waals surface area contributed by atoms with Gasteiger partial charge in [0.15, 0.2) is 0 Å². The lowest BCUT2D eigenvalue weighted by Crippen LogP contribution is -2.42. The smallest absolute Gasteiger partial charge is 0.126 e. The molecule has 1 heterocycles. The highest BCUT2D eigenvalue weighted by Gasteiger charge is 2.22. The van der Waals surface area contributed by atoms with Gasteiger partial charge in [0.05, 0.1) is 0 Å². The normalized spacial score (nSPS) is 19.7. The first-order valence-corrected chi connectivity index (χ1v) is 6.85. The van der Waals surface area contributed by atoms with Gasteiger partial charge in [-0.3, -0.25) is 0 Å². The van der Waals surface area contributed by atoms with E-state index in [0.717, 1.165) is 25.9 Å². The highest BCUT2D eigenvalue weighted by molar-refractivity contribution is 5.22. The third-order valence-corrected chi connectivity index (χ3v) is 3.79. The van der Waals surface area contributed by atoms with Gasteiger partial charge < -0.3 is 9.64 Å². The molecule has 0 bridgehead atoms. The molecule has 0 amide bonds. The molecule has 0 spiro atoms. The van der Waals surface area contributed by atoms with Crippen LogP contribution >= 0.6 is 0 Å². The third-order valence-electron chi connectivity index (χ3n) is 3.79. The van der Waals surface area contributed by atoms with Crippen molar-refractivity contribution in [3.05, 3.63) is 30.1 Å². The molecule has 1 aliphatic heterocycles. The lowest BCUT2D eigenvalue weighted by atomic mass is 10.0. The van der Waals surface area contributed by atoms with Crippen molar-refractivity contribution in [2.45, 2.75) is 45.3 Å². The van der Waals surface area contributed by atoms with Gasteiger partial charge in [-0.15, -0.1) is 0 Å². The fourth-order valence-corrected chi connectivity index (χ4v) is 2.43. The molecule has 1 saturated heterocycles. The monoisotopic (exact) mass is 251 g/mol. The zero-order valence-electron chi connectivity index (χ0n) is 11.2. The van der Waals surface area contributed by atoms with Crippen LogP contribution in [-0.4, -0.2) is 30.1 Å². The summed E-state index contributed by atoms with van der Waals surface area (Å²) in [5, 5.41) is 0. The summed E-state index contributed by atoms with van der Waals surface area (Å²) in [4.78, 5) is 2.51. The predicted molar refractivity (Wildman–Crippen MR) is 71.4 cm³/mol. The highest BCUT2D eigenvalue weighted by Crippen LogP contribution is 2.21. The zero-order chi connectivity index (χ0) is 13.0. The van der Waals surface area contributed by atoms with Crippen LogP contribution in [0.2, 0.25) is 0 Å². The van der Waals surface area contributed by atoms with E-state index >= 15 is 0 Å². The van der Waals surface area contributed by atoms with Gasteiger partial charge in [0.1, 0.15) is 17.7 Å². The molecule has 2 rings (SSSR count). The number of piperidine rings is 1. The number of halogens is 1. The van der Waals surface area contributed by atoms with Crippen LogP contribution in [0.1, 0.15) is 33.1 Å². The summed E-state index contributed by atoms with van der Waals surface area (Å²) in [5.74, 6) is 0.418. The SMILES string of the molecule is CCC(C)N1CCC(Oc2cccc(F)c2)CC1. The summed E-state index contributed by atoms with van der Waals surface area (Å²) in [6.45, 7) is 6.65. The zero-order valence-corrected chi connectivity index (χ0v) is 11.2. The lowest BCUT2D eigenvalue weighted by molar-refractivity contribution is 0.0786. The summed E-state index contributed by atoms with van der Waals surface area (Å²) < 4.78 is 18.9. The summed E-state index contributed by atoms with van der Waals surface area (Å²) in [7, 11) is 0. The summed E-state index contributed by atoms with van der Waals surface area (Å²) in [6.07, 6.45) is 3.48. The highest BCUT2D eigenvalue weighted by atomic mass is 19.1. The fraction of sp³-hybridized carbons (Fsp3) is 0.600. The van der Waals surface area contributed by atoms with E-state index in [0.29, 0.717) is 11.8 Å². The van der Waals surface area contributed by atoms with Crippen molar-refractivity contribution < 1.29 is 9.13 Å². The molecule has 2 nitrogen and oxygen atoms in total. The van der Waals surface area contributed by atoms with E-state index in [1.165, 1.54) is 18.6 Å². The van der Waals surface area contributed by atoms with Crippen LogP contribution in [-0.2, 0) is 0 Å². The molecule has 1 atom stereocenters. The quantitative estimate of drug-likeness (QED) is 0.812. The maximum atomic E-state index is 13.0. The minimum Gasteiger partial charge on any atom is -0.490 e. The molecule has 0 saturated carbocycles. The maximum Gasteiger partial charge on any atom is 0.126 e. The number of hydrogen-bond acceptors (Lipinski definition) is 2. The van der Waals surface area contributed by atoms with Crippen LogP contribution in [0.15, 0.2) is 24.3 Å². The Labute approximate surface area is 109 Å². The average molecular weight is 251 g/mol. The van der Waals surface area contributed by atoms with Gasteiger partial charge in [-0.2, -0.15) is 0 Å². The first-order chi connectivity index (χ1) is 8.69. The van der Waals surface area contributed by atoms with Crippen molar-refractivity contribution in [1.82, 2.24) is 4.90 Å². The van der Waals surface area contributed by atoms with Gasteiger partial charge in [-0.1, -0.05) is 13.0 Å². The molecule has 0 N–H and O–H groups in total. The van der Waals surface area contributed by atoms with E-state index in [-0.39, 0.29) is 11.9 Å². The van der Waals surface area contributed by atoms with Gasteiger partial charge in [-0.05, 0) is 38.3 Å². The predicted octanol–water partition coefficient (Wildman–Crippen LogP) is 3.47. The van der Waals surface area contributed by atoms with Crippen molar-refractivity contribution >= 4 is 0 Å². The van der Waals surface area contributed by atoms with Crippen LogP contribution in [0, 0.1) is 5.82 Å². The molecule has 1 aromatic rings. The summed E-state index contributed by atoms with van der Waals surface area (Å²) in [6, 6.07) is 7.07. The second-order valence-electron chi connectivity index (χ2n) is 5.07. The molecule has 3 heteroatoms. The van der Waals surface area contributed by atoms with Crippen molar-refractivity contribution in [2.24, 2.45) is 0 Å². The minimum absolute atomic E-state index is 0.229. The van der Waals surface area contributed by atoms with Crippen molar-refractivity contribution in [3.63, 3.8) is 0 Å². The van der Waals surface area contributed by atoms with E-state index in [2.05, 4.69) is 18.7 Å². The van der Waals surface area contributed by atoms with Gasteiger partial charge in [0, 0.05) is 25.2 Å². The lowest BCUT2D eigenvalue weighted by Gasteiger charge is -2.35. The van der Waals surface area contributed by atoms with Crippen LogP contribution in [0.5, 0.6) is 5.75 Å². The molecule has 18 heavy (non-hydrogen) atoms. The van der Waals surface area contributed by atoms with Crippen LogP contribution in [0.3, 0.4) is 0 Å². The molecular formula is C15H22FNO. The Kier molecular flexibility index (Phi) is 4.59. The number of rotatable bonds is 4. The molecule has 0 aromatic heterocycles. The number of likely N-dealkylation sites (tertiary alicyclic amines) is 1. The van der Waals surface area contributed by atoms with Gasteiger partial charge in [-0.25, -0.2) is 4.39 Å². The molecule has 0 radical (unpaired) electrons. The number of ether oxygens (including phenoxy) is 1. The Morgan fingerprint density at radius 1 is 1.39 bits per heavy atom. The number of hydrogen-bond donors (Lipinski definition) is 0. The Morgan fingerprint density at radius 3 is 2.72 bits per heavy atom. The Hall–Kier alpha value is -1.09. The number of nitrogens with zero attached hydrogens (tertiary/aromatic N) is 1. The van der Waals surface area contributed by atoms with E-state index in [1.54, 1.807) is 6.07 Å². The average Bonchev–Trinajstić information content (AvgIpc) is 2.39.